The van der Waals surface area contributed by atoms with Crippen molar-refractivity contribution in [3.8, 4) is 0 Å². The number of aliphatic hydroxyl groups excluding tert-OH is 1. The summed E-state index contributed by atoms with van der Waals surface area (Å²) in [6.07, 6.45) is 10.2. The molecule has 0 aromatic carbocycles. The molecule has 148 valence electrons. The second-order valence-electron chi connectivity index (χ2n) is 7.94. The number of fused-ring (bicyclic) bond motifs is 1. The Morgan fingerprint density at radius 2 is 2.07 bits per heavy atom. The number of aliphatic hydroxyl groups is 2. The Labute approximate surface area is 159 Å². The monoisotopic (exact) mass is 375 g/mol. The number of aromatic nitrogens is 4. The smallest absolute Gasteiger partial charge is 0.165 e. The van der Waals surface area contributed by atoms with Crippen molar-refractivity contribution in [3.05, 3.63) is 12.7 Å². The Morgan fingerprint density at radius 3 is 2.81 bits per heavy atom. The molecule has 2 aromatic rings. The first kappa shape index (κ1) is 18.6. The lowest BCUT2D eigenvalue weighted by atomic mass is 9.89. The van der Waals surface area contributed by atoms with Crippen molar-refractivity contribution >= 4 is 17.0 Å². The van der Waals surface area contributed by atoms with Crippen LogP contribution in [-0.2, 0) is 11.3 Å². The van der Waals surface area contributed by atoms with E-state index in [2.05, 4.69) is 19.9 Å². The second-order valence-corrected chi connectivity index (χ2v) is 7.94. The number of hydrogen-bond donors (Lipinski definition) is 2. The van der Waals surface area contributed by atoms with Gasteiger partial charge in [-0.05, 0) is 18.8 Å². The van der Waals surface area contributed by atoms with E-state index in [-0.39, 0.29) is 6.61 Å². The minimum atomic E-state index is -0.869. The molecule has 27 heavy (non-hydrogen) atoms. The molecule has 1 atom stereocenters. The molecule has 2 fully saturated rings. The molecular weight excluding hydrogens is 346 g/mol. The van der Waals surface area contributed by atoms with Crippen molar-refractivity contribution in [2.75, 3.05) is 37.8 Å². The Morgan fingerprint density at radius 1 is 1.22 bits per heavy atom. The Bertz CT molecular complexity index is 753. The van der Waals surface area contributed by atoms with Crippen LogP contribution in [0.3, 0.4) is 0 Å². The molecule has 1 saturated heterocycles. The fourth-order valence-electron chi connectivity index (χ4n) is 4.34. The fraction of sp³-hybridized carbons (Fsp3) is 0.737. The average molecular weight is 375 g/mol. The number of hydrogen-bond acceptors (Lipinski definition) is 7. The van der Waals surface area contributed by atoms with Gasteiger partial charge in [-0.15, -0.1) is 0 Å². The van der Waals surface area contributed by atoms with Crippen molar-refractivity contribution in [3.63, 3.8) is 0 Å². The molecule has 8 heteroatoms. The highest BCUT2D eigenvalue weighted by Crippen LogP contribution is 2.29. The highest BCUT2D eigenvalue weighted by Gasteiger charge is 2.33. The summed E-state index contributed by atoms with van der Waals surface area (Å²) in [6, 6.07) is 0. The van der Waals surface area contributed by atoms with E-state index in [0.29, 0.717) is 44.3 Å². The molecule has 4 rings (SSSR count). The molecule has 2 aliphatic rings. The molecule has 0 amide bonds. The zero-order chi connectivity index (χ0) is 18.7. The van der Waals surface area contributed by atoms with Gasteiger partial charge >= 0.3 is 0 Å². The summed E-state index contributed by atoms with van der Waals surface area (Å²) in [6.45, 7) is 2.82. The maximum absolute atomic E-state index is 10.6. The second kappa shape index (κ2) is 8.08. The normalized spacial score (nSPS) is 23.9. The van der Waals surface area contributed by atoms with Gasteiger partial charge in [0, 0.05) is 26.1 Å². The van der Waals surface area contributed by atoms with Crippen LogP contribution in [-0.4, -0.2) is 68.2 Å². The lowest BCUT2D eigenvalue weighted by molar-refractivity contribution is 0.0126. The quantitative estimate of drug-likeness (QED) is 0.754. The van der Waals surface area contributed by atoms with Gasteiger partial charge < -0.3 is 24.4 Å². The number of rotatable bonds is 7. The number of ether oxygens (including phenoxy) is 1. The van der Waals surface area contributed by atoms with Gasteiger partial charge in [-0.2, -0.15) is 0 Å². The van der Waals surface area contributed by atoms with E-state index in [1.807, 2.05) is 4.57 Å². The van der Waals surface area contributed by atoms with Crippen LogP contribution in [0.4, 0.5) is 5.82 Å². The topological polar surface area (TPSA) is 96.5 Å². The van der Waals surface area contributed by atoms with Crippen LogP contribution in [0.5, 0.6) is 0 Å². The van der Waals surface area contributed by atoms with Gasteiger partial charge in [0.05, 0.1) is 26.1 Å². The summed E-state index contributed by atoms with van der Waals surface area (Å²) in [5.74, 6) is 1.40. The summed E-state index contributed by atoms with van der Waals surface area (Å²) in [4.78, 5) is 15.6. The number of anilines is 1. The van der Waals surface area contributed by atoms with E-state index in [9.17, 15) is 10.2 Å². The summed E-state index contributed by atoms with van der Waals surface area (Å²) in [5.41, 5.74) is 0.571. The minimum absolute atomic E-state index is 0.0794. The van der Waals surface area contributed by atoms with Crippen molar-refractivity contribution in [1.29, 1.82) is 0 Å². The predicted molar refractivity (Wildman–Crippen MR) is 102 cm³/mol. The van der Waals surface area contributed by atoms with E-state index in [1.54, 1.807) is 12.7 Å². The third-order valence-electron chi connectivity index (χ3n) is 5.80. The lowest BCUT2D eigenvalue weighted by Gasteiger charge is -2.30. The first-order chi connectivity index (χ1) is 13.2. The minimum Gasteiger partial charge on any atom is -0.395 e. The van der Waals surface area contributed by atoms with E-state index in [0.717, 1.165) is 17.9 Å². The van der Waals surface area contributed by atoms with Gasteiger partial charge in [0.15, 0.2) is 17.0 Å². The van der Waals surface area contributed by atoms with E-state index in [1.165, 1.54) is 32.1 Å². The zero-order valence-electron chi connectivity index (χ0n) is 15.8. The maximum atomic E-state index is 10.6. The molecule has 8 nitrogen and oxygen atoms in total. The van der Waals surface area contributed by atoms with Crippen molar-refractivity contribution < 1.29 is 14.9 Å². The zero-order valence-corrected chi connectivity index (χ0v) is 15.8. The highest BCUT2D eigenvalue weighted by molar-refractivity contribution is 5.83. The summed E-state index contributed by atoms with van der Waals surface area (Å²) >= 11 is 0. The van der Waals surface area contributed by atoms with E-state index < -0.39 is 5.60 Å². The third-order valence-corrected chi connectivity index (χ3v) is 5.80. The molecular formula is C19H29N5O3. The van der Waals surface area contributed by atoms with Crippen LogP contribution in [0.15, 0.2) is 12.7 Å². The molecule has 0 spiro atoms. The molecule has 1 aliphatic carbocycles. The first-order valence-electron chi connectivity index (χ1n) is 10.0. The lowest BCUT2D eigenvalue weighted by Crippen LogP contribution is -2.34. The van der Waals surface area contributed by atoms with Gasteiger partial charge in [-0.3, -0.25) is 0 Å². The molecule has 1 aliphatic heterocycles. The van der Waals surface area contributed by atoms with E-state index >= 15 is 0 Å². The highest BCUT2D eigenvalue weighted by atomic mass is 16.5. The van der Waals surface area contributed by atoms with Crippen molar-refractivity contribution in [2.24, 2.45) is 5.92 Å². The number of imidazole rings is 1. The van der Waals surface area contributed by atoms with Gasteiger partial charge in [0.1, 0.15) is 11.9 Å². The molecule has 1 unspecified atom stereocenters. The molecule has 1 saturated carbocycles. The summed E-state index contributed by atoms with van der Waals surface area (Å²) < 4.78 is 7.23. The van der Waals surface area contributed by atoms with E-state index in [4.69, 9.17) is 4.74 Å². The van der Waals surface area contributed by atoms with Gasteiger partial charge in [-0.1, -0.05) is 19.3 Å². The first-order valence-corrected chi connectivity index (χ1v) is 10.0. The SMILES string of the molecule is OCCN(CC1CCCCC1)c1ncnc2c1ncn2CC1(O)CCOC1. The Hall–Kier alpha value is -1.77. The Kier molecular flexibility index (Phi) is 5.56. The average Bonchev–Trinajstić information content (AvgIpc) is 3.29. The number of nitrogens with zero attached hydrogens (tertiary/aromatic N) is 5. The van der Waals surface area contributed by atoms with Gasteiger partial charge in [-0.25, -0.2) is 15.0 Å². The molecule has 0 bridgehead atoms. The fourth-order valence-corrected chi connectivity index (χ4v) is 4.34. The third kappa shape index (κ3) is 4.07. The molecule has 3 heterocycles. The largest absolute Gasteiger partial charge is 0.395 e. The van der Waals surface area contributed by atoms with Crippen molar-refractivity contribution in [2.45, 2.75) is 50.7 Å². The molecule has 2 N–H and O–H groups in total. The standard InChI is InChI=1S/C19H29N5O3/c25-8-7-23(10-15-4-2-1-3-5-15)17-16-18(21-13-20-17)24(14-22-16)11-19(26)6-9-27-12-19/h13-15,25-26H,1-12H2. The van der Waals surface area contributed by atoms with Gasteiger partial charge in [0.2, 0.25) is 0 Å². The van der Waals surface area contributed by atoms with Crippen LogP contribution >= 0.6 is 0 Å². The van der Waals surface area contributed by atoms with Crippen LogP contribution in [0.25, 0.3) is 11.2 Å². The van der Waals surface area contributed by atoms with Crippen LogP contribution < -0.4 is 4.90 Å². The van der Waals surface area contributed by atoms with Crippen molar-refractivity contribution in [1.82, 2.24) is 19.5 Å². The molecule has 2 aromatic heterocycles. The maximum Gasteiger partial charge on any atom is 0.165 e. The Balaban J connectivity index is 1.59. The van der Waals surface area contributed by atoms with Crippen LogP contribution in [0.2, 0.25) is 0 Å². The predicted octanol–water partition coefficient (Wildman–Crippen LogP) is 1.36. The van der Waals surface area contributed by atoms with Crippen LogP contribution in [0.1, 0.15) is 38.5 Å². The molecule has 0 radical (unpaired) electrons. The summed E-state index contributed by atoms with van der Waals surface area (Å²) in [7, 11) is 0. The summed E-state index contributed by atoms with van der Waals surface area (Å²) in [5, 5.41) is 20.2. The van der Waals surface area contributed by atoms with Crippen LogP contribution in [0, 0.1) is 5.92 Å². The van der Waals surface area contributed by atoms with Gasteiger partial charge in [0.25, 0.3) is 0 Å².